The van der Waals surface area contributed by atoms with Crippen LogP contribution >= 0.6 is 0 Å². The quantitative estimate of drug-likeness (QED) is 0.596. The van der Waals surface area contributed by atoms with Crippen LogP contribution in [0.4, 0.5) is 5.69 Å². The molecule has 0 bridgehead atoms. The van der Waals surface area contributed by atoms with E-state index in [0.717, 1.165) is 11.1 Å². The summed E-state index contributed by atoms with van der Waals surface area (Å²) in [6, 6.07) is 20.7. The minimum Gasteiger partial charge on any atom is -0.497 e. The second kappa shape index (κ2) is 9.22. The van der Waals surface area contributed by atoms with Gasteiger partial charge < -0.3 is 10.1 Å². The maximum Gasteiger partial charge on any atom is 0.264 e. The van der Waals surface area contributed by atoms with Crippen molar-refractivity contribution in [1.82, 2.24) is 5.32 Å². The normalized spacial score (nSPS) is 12.1. The Morgan fingerprint density at radius 3 is 2.26 bits per heavy atom. The van der Waals surface area contributed by atoms with Crippen LogP contribution in [0.1, 0.15) is 34.5 Å². The number of hydrogen-bond acceptors (Lipinski definition) is 4. The lowest BCUT2D eigenvalue weighted by molar-refractivity contribution is 0.0940. The third-order valence-corrected chi connectivity index (χ3v) is 6.96. The summed E-state index contributed by atoms with van der Waals surface area (Å²) >= 11 is 0. The SMILES string of the molecule is COc1ccc(S(=O)(=O)N(C)c2cc(C(=O)NC(C)c3ccccc3)ccc2C)cc1. The van der Waals surface area contributed by atoms with Crippen LogP contribution < -0.4 is 14.4 Å². The average molecular weight is 439 g/mol. The molecule has 0 saturated carbocycles. The number of carbonyl (C=O) groups is 1. The molecule has 0 aromatic heterocycles. The van der Waals surface area contributed by atoms with Crippen molar-refractivity contribution in [2.75, 3.05) is 18.5 Å². The molecule has 0 spiro atoms. The summed E-state index contributed by atoms with van der Waals surface area (Å²) in [5.74, 6) is 0.303. The number of methoxy groups -OCH3 is 1. The largest absolute Gasteiger partial charge is 0.497 e. The summed E-state index contributed by atoms with van der Waals surface area (Å²) in [6.07, 6.45) is 0. The lowest BCUT2D eigenvalue weighted by Gasteiger charge is -2.22. The molecule has 3 aromatic rings. The lowest BCUT2D eigenvalue weighted by atomic mass is 10.1. The van der Waals surface area contributed by atoms with Crippen molar-refractivity contribution in [3.8, 4) is 5.75 Å². The van der Waals surface area contributed by atoms with Gasteiger partial charge in [-0.25, -0.2) is 8.42 Å². The highest BCUT2D eigenvalue weighted by molar-refractivity contribution is 7.92. The molecule has 162 valence electrons. The summed E-state index contributed by atoms with van der Waals surface area (Å²) in [6.45, 7) is 3.71. The van der Waals surface area contributed by atoms with E-state index in [1.54, 1.807) is 30.3 Å². The van der Waals surface area contributed by atoms with Crippen molar-refractivity contribution in [3.63, 3.8) is 0 Å². The molecule has 0 aliphatic rings. The standard InChI is InChI=1S/C24H26N2O4S/c1-17-10-11-20(24(27)25-18(2)19-8-6-5-7-9-19)16-23(17)26(3)31(28,29)22-14-12-21(30-4)13-15-22/h5-16,18H,1-4H3,(H,25,27). The summed E-state index contributed by atoms with van der Waals surface area (Å²) in [5.41, 5.74) is 2.56. The van der Waals surface area contributed by atoms with Gasteiger partial charge in [0.1, 0.15) is 5.75 Å². The molecule has 0 fully saturated rings. The van der Waals surface area contributed by atoms with Crippen molar-refractivity contribution in [2.24, 2.45) is 0 Å². The molecule has 3 rings (SSSR count). The summed E-state index contributed by atoms with van der Waals surface area (Å²) in [4.78, 5) is 13.0. The van der Waals surface area contributed by atoms with Gasteiger partial charge in [0, 0.05) is 12.6 Å². The van der Waals surface area contributed by atoms with Gasteiger partial charge >= 0.3 is 0 Å². The maximum atomic E-state index is 13.1. The zero-order chi connectivity index (χ0) is 22.6. The van der Waals surface area contributed by atoms with Crippen LogP contribution in [-0.4, -0.2) is 28.5 Å². The molecule has 7 heteroatoms. The molecule has 1 unspecified atom stereocenters. The predicted molar refractivity (Wildman–Crippen MR) is 122 cm³/mol. The second-order valence-electron chi connectivity index (χ2n) is 7.26. The fraction of sp³-hybridized carbons (Fsp3) is 0.208. The number of nitrogens with zero attached hydrogens (tertiary/aromatic N) is 1. The zero-order valence-electron chi connectivity index (χ0n) is 18.0. The van der Waals surface area contributed by atoms with E-state index in [0.29, 0.717) is 17.0 Å². The number of ether oxygens (including phenoxy) is 1. The Labute approximate surface area is 183 Å². The molecule has 0 saturated heterocycles. The van der Waals surface area contributed by atoms with Crippen molar-refractivity contribution >= 4 is 21.6 Å². The molecule has 3 aromatic carbocycles. The van der Waals surface area contributed by atoms with E-state index in [2.05, 4.69) is 5.32 Å². The van der Waals surface area contributed by atoms with Crippen LogP contribution in [-0.2, 0) is 10.0 Å². The number of sulfonamides is 1. The van der Waals surface area contributed by atoms with Gasteiger partial charge in [-0.2, -0.15) is 0 Å². The topological polar surface area (TPSA) is 75.7 Å². The first kappa shape index (κ1) is 22.4. The van der Waals surface area contributed by atoms with Gasteiger partial charge in [-0.15, -0.1) is 0 Å². The number of nitrogens with one attached hydrogen (secondary N) is 1. The van der Waals surface area contributed by atoms with Crippen molar-refractivity contribution in [3.05, 3.63) is 89.5 Å². The van der Waals surface area contributed by atoms with E-state index in [1.165, 1.54) is 30.6 Å². The highest BCUT2D eigenvalue weighted by Crippen LogP contribution is 2.27. The Bertz CT molecular complexity index is 1160. The van der Waals surface area contributed by atoms with E-state index < -0.39 is 10.0 Å². The number of benzene rings is 3. The summed E-state index contributed by atoms with van der Waals surface area (Å²) in [5, 5.41) is 2.96. The Morgan fingerprint density at radius 1 is 1.00 bits per heavy atom. The molecule has 6 nitrogen and oxygen atoms in total. The van der Waals surface area contributed by atoms with Gasteiger partial charge in [0.25, 0.3) is 15.9 Å². The van der Waals surface area contributed by atoms with Crippen molar-refractivity contribution in [2.45, 2.75) is 24.8 Å². The summed E-state index contributed by atoms with van der Waals surface area (Å²) < 4.78 is 32.5. The Morgan fingerprint density at radius 2 is 1.65 bits per heavy atom. The molecule has 0 aliphatic carbocycles. The molecule has 0 heterocycles. The van der Waals surface area contributed by atoms with Crippen LogP contribution in [0, 0.1) is 6.92 Å². The van der Waals surface area contributed by atoms with Gasteiger partial charge in [-0.1, -0.05) is 36.4 Å². The molecule has 1 atom stereocenters. The highest BCUT2D eigenvalue weighted by Gasteiger charge is 2.24. The number of carbonyl (C=O) groups excluding carboxylic acids is 1. The number of rotatable bonds is 7. The first-order chi connectivity index (χ1) is 14.7. The predicted octanol–water partition coefficient (Wildman–Crippen LogP) is 4.32. The molecule has 0 aliphatic heterocycles. The van der Waals surface area contributed by atoms with E-state index >= 15 is 0 Å². The minimum absolute atomic E-state index is 0.141. The average Bonchev–Trinajstić information content (AvgIpc) is 2.79. The van der Waals surface area contributed by atoms with E-state index in [1.807, 2.05) is 44.2 Å². The van der Waals surface area contributed by atoms with Crippen molar-refractivity contribution < 1.29 is 17.9 Å². The maximum absolute atomic E-state index is 13.1. The summed E-state index contributed by atoms with van der Waals surface area (Å²) in [7, 11) is -0.798. The number of anilines is 1. The minimum atomic E-state index is -3.80. The third kappa shape index (κ3) is 4.88. The van der Waals surface area contributed by atoms with E-state index in [9.17, 15) is 13.2 Å². The van der Waals surface area contributed by atoms with Crippen LogP contribution in [0.2, 0.25) is 0 Å². The highest BCUT2D eigenvalue weighted by atomic mass is 32.2. The second-order valence-corrected chi connectivity index (χ2v) is 9.22. The van der Waals surface area contributed by atoms with Crippen LogP contribution in [0.5, 0.6) is 5.75 Å². The molecule has 1 amide bonds. The fourth-order valence-electron chi connectivity index (χ4n) is 3.23. The number of amides is 1. The number of hydrogen-bond donors (Lipinski definition) is 1. The van der Waals surface area contributed by atoms with Gasteiger partial charge in [-0.05, 0) is 61.4 Å². The van der Waals surface area contributed by atoms with Gasteiger partial charge in [0.15, 0.2) is 0 Å². The van der Waals surface area contributed by atoms with Gasteiger partial charge in [0.05, 0.1) is 23.7 Å². The lowest BCUT2D eigenvalue weighted by Crippen LogP contribution is -2.29. The third-order valence-electron chi connectivity index (χ3n) is 5.18. The monoisotopic (exact) mass is 438 g/mol. The van der Waals surface area contributed by atoms with E-state index in [4.69, 9.17) is 4.74 Å². The molecular formula is C24H26N2O4S. The Kier molecular flexibility index (Phi) is 6.65. The smallest absolute Gasteiger partial charge is 0.264 e. The Balaban J connectivity index is 1.86. The first-order valence-corrected chi connectivity index (χ1v) is 11.3. The van der Waals surface area contributed by atoms with E-state index in [-0.39, 0.29) is 16.8 Å². The van der Waals surface area contributed by atoms with Crippen LogP contribution in [0.15, 0.2) is 77.7 Å². The van der Waals surface area contributed by atoms with Crippen LogP contribution in [0.25, 0.3) is 0 Å². The Hall–Kier alpha value is -3.32. The van der Waals surface area contributed by atoms with Crippen molar-refractivity contribution in [1.29, 1.82) is 0 Å². The zero-order valence-corrected chi connectivity index (χ0v) is 18.8. The molecular weight excluding hydrogens is 412 g/mol. The fourth-order valence-corrected chi connectivity index (χ4v) is 4.48. The molecule has 1 N–H and O–H groups in total. The first-order valence-electron chi connectivity index (χ1n) is 9.83. The van der Waals surface area contributed by atoms with Gasteiger partial charge in [0.2, 0.25) is 0 Å². The van der Waals surface area contributed by atoms with Crippen LogP contribution in [0.3, 0.4) is 0 Å². The van der Waals surface area contributed by atoms with Gasteiger partial charge in [-0.3, -0.25) is 9.10 Å². The molecule has 0 radical (unpaired) electrons. The molecule has 31 heavy (non-hydrogen) atoms. The number of aryl methyl sites for hydroxylation is 1.